The number of hydrogen-bond acceptors (Lipinski definition) is 1. The molecule has 10 atom stereocenters. The van der Waals surface area contributed by atoms with Crippen molar-refractivity contribution in [2.24, 2.45) is 59.2 Å². The van der Waals surface area contributed by atoms with E-state index in [1.165, 1.54) is 57.8 Å². The molecular weight excluding hydrogens is 350 g/mol. The van der Waals surface area contributed by atoms with Crippen LogP contribution in [-0.2, 0) is 0 Å². The van der Waals surface area contributed by atoms with Gasteiger partial charge in [-0.25, -0.2) is 0 Å². The molecule has 1 saturated heterocycles. The van der Waals surface area contributed by atoms with E-state index in [2.05, 4.69) is 53.8 Å². The molecule has 1 heteroatoms. The molecule has 29 heavy (non-hydrogen) atoms. The van der Waals surface area contributed by atoms with Crippen molar-refractivity contribution in [2.45, 2.75) is 118 Å². The topological polar surface area (TPSA) is 12.0 Å². The Hall–Kier alpha value is -0.0400. The van der Waals surface area contributed by atoms with Gasteiger partial charge in [-0.3, -0.25) is 0 Å². The maximum absolute atomic E-state index is 4.21. The van der Waals surface area contributed by atoms with E-state index in [0.717, 1.165) is 65.2 Å². The van der Waals surface area contributed by atoms with E-state index in [9.17, 15) is 0 Å². The first-order valence-electron chi connectivity index (χ1n) is 13.6. The highest BCUT2D eigenvalue weighted by Gasteiger charge is 2.76. The van der Waals surface area contributed by atoms with Gasteiger partial charge < -0.3 is 5.32 Å². The fourth-order valence-corrected chi connectivity index (χ4v) is 8.99. The average molecular weight is 402 g/mol. The Balaban J connectivity index is 1.23. The summed E-state index contributed by atoms with van der Waals surface area (Å²) in [5, 5.41) is 4.21. The molecule has 4 aliphatic carbocycles. The second-order valence-electron chi connectivity index (χ2n) is 12.6. The van der Waals surface area contributed by atoms with Gasteiger partial charge in [0.1, 0.15) is 0 Å². The minimum absolute atomic E-state index is 0.563. The third kappa shape index (κ3) is 3.64. The van der Waals surface area contributed by atoms with E-state index in [-0.39, 0.29) is 0 Å². The molecule has 10 unspecified atom stereocenters. The van der Waals surface area contributed by atoms with Crippen LogP contribution in [0.25, 0.3) is 0 Å². The third-order valence-electron chi connectivity index (χ3n) is 11.0. The molecule has 1 aliphatic heterocycles. The molecule has 0 radical (unpaired) electrons. The first kappa shape index (κ1) is 22.2. The van der Waals surface area contributed by atoms with Crippen LogP contribution in [0.5, 0.6) is 0 Å². The van der Waals surface area contributed by atoms with Crippen molar-refractivity contribution in [3.63, 3.8) is 0 Å². The molecule has 5 aliphatic rings. The summed E-state index contributed by atoms with van der Waals surface area (Å²) in [5.74, 6) is 9.72. The molecule has 168 valence electrons. The Bertz CT molecular complexity index is 551. The van der Waals surface area contributed by atoms with Crippen LogP contribution in [0.3, 0.4) is 0 Å². The molecule has 0 aromatic heterocycles. The van der Waals surface area contributed by atoms with Crippen molar-refractivity contribution in [1.82, 2.24) is 5.32 Å². The van der Waals surface area contributed by atoms with E-state index >= 15 is 0 Å². The van der Waals surface area contributed by atoms with E-state index in [0.29, 0.717) is 5.54 Å². The Morgan fingerprint density at radius 1 is 1.03 bits per heavy atom. The summed E-state index contributed by atoms with van der Waals surface area (Å²) >= 11 is 0. The Morgan fingerprint density at radius 2 is 1.76 bits per heavy atom. The van der Waals surface area contributed by atoms with Gasteiger partial charge in [-0.1, -0.05) is 67.7 Å². The molecule has 0 aromatic rings. The van der Waals surface area contributed by atoms with Gasteiger partial charge in [-0.15, -0.1) is 0 Å². The summed E-state index contributed by atoms with van der Waals surface area (Å²) in [6.07, 6.45) is 13.1. The summed E-state index contributed by atoms with van der Waals surface area (Å²) in [5.41, 5.74) is 0.563. The first-order valence-corrected chi connectivity index (χ1v) is 13.6. The lowest BCUT2D eigenvalue weighted by atomic mass is 9.52. The molecule has 1 heterocycles. The molecule has 0 amide bonds. The molecule has 1 N–H and O–H groups in total. The monoisotopic (exact) mass is 401 g/mol. The fourth-order valence-electron chi connectivity index (χ4n) is 8.99. The predicted molar refractivity (Wildman–Crippen MR) is 126 cm³/mol. The minimum Gasteiger partial charge on any atom is -0.307 e. The van der Waals surface area contributed by atoms with Gasteiger partial charge in [0.25, 0.3) is 0 Å². The third-order valence-corrected chi connectivity index (χ3v) is 11.0. The molecule has 0 aromatic carbocycles. The van der Waals surface area contributed by atoms with Crippen LogP contribution in [0.4, 0.5) is 0 Å². The van der Waals surface area contributed by atoms with Crippen LogP contribution < -0.4 is 5.32 Å². The Labute approximate surface area is 182 Å². The highest BCUT2D eigenvalue weighted by Crippen LogP contribution is 2.71. The minimum atomic E-state index is 0.563. The van der Waals surface area contributed by atoms with Crippen LogP contribution in [0, 0.1) is 59.2 Å². The van der Waals surface area contributed by atoms with Gasteiger partial charge in [0.05, 0.1) is 0 Å². The van der Waals surface area contributed by atoms with Crippen molar-refractivity contribution >= 4 is 0 Å². The molecule has 2 bridgehead atoms. The lowest BCUT2D eigenvalue weighted by molar-refractivity contribution is -0.0940. The summed E-state index contributed by atoms with van der Waals surface area (Å²) < 4.78 is 0. The standard InChI is InChI=1S/C28H51N/c1-8-10-18(4)20(6)26-21(7)24-16-28(26)27(24)25(29-28)12-11-17(3)13-19(5)23-14-22(9-2)15-23/h17-27,29H,8-16H2,1-7H3. The molecule has 5 fully saturated rings. The van der Waals surface area contributed by atoms with Crippen LogP contribution >= 0.6 is 0 Å². The zero-order chi connectivity index (χ0) is 20.9. The SMILES string of the molecule is CCCC(C)C(C)C1C(C)C2CC13NC(CCC(C)CC(C)C1CC(CC)C1)C23. The predicted octanol–water partition coefficient (Wildman–Crippen LogP) is 7.55. The van der Waals surface area contributed by atoms with E-state index in [1.54, 1.807) is 0 Å². The molecule has 1 nitrogen and oxygen atoms in total. The number of nitrogens with one attached hydrogen (secondary N) is 1. The lowest BCUT2D eigenvalue weighted by Gasteiger charge is -2.65. The molecule has 5 rings (SSSR count). The van der Waals surface area contributed by atoms with E-state index in [1.807, 2.05) is 0 Å². The number of piperidine rings is 1. The summed E-state index contributed by atoms with van der Waals surface area (Å²) in [7, 11) is 0. The van der Waals surface area contributed by atoms with Crippen molar-refractivity contribution in [2.75, 3.05) is 0 Å². The van der Waals surface area contributed by atoms with Crippen LogP contribution in [0.2, 0.25) is 0 Å². The van der Waals surface area contributed by atoms with Crippen molar-refractivity contribution in [3.8, 4) is 0 Å². The summed E-state index contributed by atoms with van der Waals surface area (Å²) in [6.45, 7) is 17.5. The second-order valence-corrected chi connectivity index (χ2v) is 12.6. The highest BCUT2D eigenvalue weighted by atomic mass is 15.2. The first-order chi connectivity index (χ1) is 13.8. The van der Waals surface area contributed by atoms with Crippen molar-refractivity contribution in [3.05, 3.63) is 0 Å². The molecular formula is C28H51N. The van der Waals surface area contributed by atoms with Crippen molar-refractivity contribution < 1.29 is 0 Å². The van der Waals surface area contributed by atoms with Crippen LogP contribution in [-0.4, -0.2) is 11.6 Å². The summed E-state index contributed by atoms with van der Waals surface area (Å²) in [4.78, 5) is 0. The zero-order valence-electron chi connectivity index (χ0n) is 20.7. The average Bonchev–Trinajstić information content (AvgIpc) is 3.01. The smallest absolute Gasteiger partial charge is 0.0266 e. The van der Waals surface area contributed by atoms with Crippen molar-refractivity contribution in [1.29, 1.82) is 0 Å². The van der Waals surface area contributed by atoms with Gasteiger partial charge in [0, 0.05) is 11.6 Å². The number of hydrogen-bond donors (Lipinski definition) is 1. The number of fused-ring (bicyclic) bond motifs is 1. The maximum atomic E-state index is 4.21. The van der Waals surface area contributed by atoms with Gasteiger partial charge in [-0.05, 0) is 97.7 Å². The second kappa shape index (κ2) is 8.48. The highest BCUT2D eigenvalue weighted by molar-refractivity contribution is 5.30. The molecule has 4 saturated carbocycles. The summed E-state index contributed by atoms with van der Waals surface area (Å²) in [6, 6.07) is 0.848. The van der Waals surface area contributed by atoms with Gasteiger partial charge in [0.2, 0.25) is 0 Å². The Morgan fingerprint density at radius 3 is 2.41 bits per heavy atom. The van der Waals surface area contributed by atoms with Crippen LogP contribution in [0.15, 0.2) is 0 Å². The lowest BCUT2D eigenvalue weighted by Crippen LogP contribution is -2.78. The van der Waals surface area contributed by atoms with E-state index in [4.69, 9.17) is 0 Å². The van der Waals surface area contributed by atoms with Gasteiger partial charge in [0.15, 0.2) is 0 Å². The molecule has 1 spiro atoms. The van der Waals surface area contributed by atoms with Gasteiger partial charge in [-0.2, -0.15) is 0 Å². The Kier molecular flexibility index (Phi) is 6.48. The van der Waals surface area contributed by atoms with Crippen LogP contribution in [0.1, 0.15) is 106 Å². The fraction of sp³-hybridized carbons (Fsp3) is 1.00. The van der Waals surface area contributed by atoms with Gasteiger partial charge >= 0.3 is 0 Å². The quantitative estimate of drug-likeness (QED) is 0.377. The largest absolute Gasteiger partial charge is 0.307 e. The maximum Gasteiger partial charge on any atom is 0.0266 e. The normalized spacial score (nSPS) is 46.7. The number of rotatable bonds is 11. The zero-order valence-corrected chi connectivity index (χ0v) is 20.7. The van der Waals surface area contributed by atoms with E-state index < -0.39 is 0 Å².